The van der Waals surface area contributed by atoms with Crippen molar-refractivity contribution in [1.29, 1.82) is 0 Å². The molecule has 0 unspecified atom stereocenters. The summed E-state index contributed by atoms with van der Waals surface area (Å²) >= 11 is 0. The first-order chi connectivity index (χ1) is 8.23. The average Bonchev–Trinajstić information content (AvgIpc) is 2.70. The van der Waals surface area contributed by atoms with Gasteiger partial charge in [-0.2, -0.15) is 0 Å². The van der Waals surface area contributed by atoms with Crippen LogP contribution in [0.3, 0.4) is 0 Å². The molecule has 88 valence electrons. The molecule has 0 bridgehead atoms. The second-order valence-corrected chi connectivity index (χ2v) is 4.92. The van der Waals surface area contributed by atoms with E-state index in [9.17, 15) is 4.79 Å². The number of nitrogens with zero attached hydrogens (tertiary/aromatic N) is 1. The highest BCUT2D eigenvalue weighted by molar-refractivity contribution is 6.18. The van der Waals surface area contributed by atoms with Crippen LogP contribution in [-0.2, 0) is 9.63 Å². The molecule has 1 aliphatic heterocycles. The molecule has 1 fully saturated rings. The zero-order valence-electron chi connectivity index (χ0n) is 9.85. The molecular weight excluding hydrogens is 214 g/mol. The number of hydrogen-bond acceptors (Lipinski definition) is 3. The van der Waals surface area contributed by atoms with Crippen LogP contribution in [0.15, 0.2) is 35.5 Å². The van der Waals surface area contributed by atoms with E-state index in [1.54, 1.807) is 0 Å². The number of carbonyl (C=O) groups excluding carboxylic acids is 1. The van der Waals surface area contributed by atoms with Crippen LogP contribution in [0.4, 0.5) is 0 Å². The first kappa shape index (κ1) is 10.5. The average molecular weight is 229 g/mol. The number of benzene rings is 1. The minimum Gasteiger partial charge on any atom is -0.391 e. The van der Waals surface area contributed by atoms with E-state index in [4.69, 9.17) is 4.84 Å². The number of ketones is 1. The van der Waals surface area contributed by atoms with Crippen LogP contribution >= 0.6 is 0 Å². The van der Waals surface area contributed by atoms with E-state index in [0.29, 0.717) is 6.42 Å². The second-order valence-electron chi connectivity index (χ2n) is 4.92. The third kappa shape index (κ3) is 1.42. The van der Waals surface area contributed by atoms with Gasteiger partial charge in [-0.05, 0) is 19.8 Å². The number of carbonyl (C=O) groups is 1. The van der Waals surface area contributed by atoms with E-state index in [1.807, 2.05) is 37.3 Å². The smallest absolute Gasteiger partial charge is 0.148 e. The summed E-state index contributed by atoms with van der Waals surface area (Å²) in [6.45, 7) is 1.97. The largest absolute Gasteiger partial charge is 0.391 e. The van der Waals surface area contributed by atoms with Gasteiger partial charge in [0.25, 0.3) is 0 Å². The van der Waals surface area contributed by atoms with Crippen molar-refractivity contribution >= 4 is 11.5 Å². The predicted octanol–water partition coefficient (Wildman–Crippen LogP) is 2.55. The Balaban J connectivity index is 2.04. The van der Waals surface area contributed by atoms with Gasteiger partial charge in [0.05, 0.1) is 0 Å². The van der Waals surface area contributed by atoms with Gasteiger partial charge in [-0.3, -0.25) is 4.79 Å². The fraction of sp³-hybridized carbons (Fsp3) is 0.429. The molecule has 0 spiro atoms. The Hall–Kier alpha value is -1.64. The monoisotopic (exact) mass is 229 g/mol. The lowest BCUT2D eigenvalue weighted by Crippen LogP contribution is -2.46. The van der Waals surface area contributed by atoms with Gasteiger partial charge in [-0.1, -0.05) is 35.5 Å². The van der Waals surface area contributed by atoms with Crippen LogP contribution in [0.2, 0.25) is 0 Å². The molecule has 1 heterocycles. The van der Waals surface area contributed by atoms with E-state index in [2.05, 4.69) is 5.16 Å². The lowest BCUT2D eigenvalue weighted by atomic mass is 9.68. The van der Waals surface area contributed by atoms with Crippen molar-refractivity contribution < 1.29 is 9.63 Å². The van der Waals surface area contributed by atoms with Crippen molar-refractivity contribution in [2.75, 3.05) is 0 Å². The van der Waals surface area contributed by atoms with Crippen LogP contribution in [0.1, 0.15) is 31.7 Å². The summed E-state index contributed by atoms with van der Waals surface area (Å²) < 4.78 is 0. The number of hydrogen-bond donors (Lipinski definition) is 0. The molecule has 0 radical (unpaired) electrons. The minimum atomic E-state index is -0.542. The molecule has 0 saturated heterocycles. The van der Waals surface area contributed by atoms with Crippen molar-refractivity contribution in [1.82, 2.24) is 0 Å². The highest BCUT2D eigenvalue weighted by Crippen LogP contribution is 2.42. The van der Waals surface area contributed by atoms with Crippen LogP contribution in [0.5, 0.6) is 0 Å². The van der Waals surface area contributed by atoms with Gasteiger partial charge in [-0.25, -0.2) is 0 Å². The third-order valence-corrected chi connectivity index (χ3v) is 3.90. The van der Waals surface area contributed by atoms with Crippen molar-refractivity contribution in [3.05, 3.63) is 35.9 Å². The Labute approximate surface area is 100 Å². The fourth-order valence-corrected chi connectivity index (χ4v) is 2.78. The van der Waals surface area contributed by atoms with E-state index < -0.39 is 5.41 Å². The maximum atomic E-state index is 12.2. The topological polar surface area (TPSA) is 38.7 Å². The molecule has 1 saturated carbocycles. The molecule has 0 amide bonds. The van der Waals surface area contributed by atoms with Gasteiger partial charge in [-0.15, -0.1) is 0 Å². The van der Waals surface area contributed by atoms with Gasteiger partial charge in [0.1, 0.15) is 23.0 Å². The fourth-order valence-electron chi connectivity index (χ4n) is 2.78. The van der Waals surface area contributed by atoms with Gasteiger partial charge >= 0.3 is 0 Å². The lowest BCUT2D eigenvalue weighted by Gasteiger charge is -2.32. The molecule has 0 N–H and O–H groups in total. The quantitative estimate of drug-likeness (QED) is 0.742. The van der Waals surface area contributed by atoms with Crippen LogP contribution in [0.25, 0.3) is 0 Å². The Morgan fingerprint density at radius 1 is 1.35 bits per heavy atom. The molecule has 3 heteroatoms. The first-order valence-corrected chi connectivity index (χ1v) is 6.06. The predicted molar refractivity (Wildman–Crippen MR) is 64.8 cm³/mol. The lowest BCUT2D eigenvalue weighted by molar-refractivity contribution is -0.132. The number of rotatable bonds is 1. The molecular formula is C14H15NO2. The van der Waals surface area contributed by atoms with E-state index in [0.717, 1.165) is 24.1 Å². The number of fused-ring (bicyclic) bond motifs is 1. The standard InChI is InChI=1S/C14H15NO2/c1-14-11(16)8-5-9-12(14)17-15-13(14)10-6-3-2-4-7-10/h2-4,6-7,12H,5,8-9H2,1H3/t12-,14+/m0/s1. The summed E-state index contributed by atoms with van der Waals surface area (Å²) in [4.78, 5) is 17.7. The van der Waals surface area contributed by atoms with Crippen LogP contribution < -0.4 is 0 Å². The summed E-state index contributed by atoms with van der Waals surface area (Å²) in [5.74, 6) is 0.258. The van der Waals surface area contributed by atoms with Gasteiger partial charge in [0.2, 0.25) is 0 Å². The minimum absolute atomic E-state index is 0.0704. The van der Waals surface area contributed by atoms with E-state index in [1.165, 1.54) is 0 Å². The summed E-state index contributed by atoms with van der Waals surface area (Å²) in [7, 11) is 0. The highest BCUT2D eigenvalue weighted by atomic mass is 16.6. The molecule has 1 aliphatic carbocycles. The summed E-state index contributed by atoms with van der Waals surface area (Å²) in [5, 5.41) is 4.17. The Morgan fingerprint density at radius 3 is 2.88 bits per heavy atom. The van der Waals surface area contributed by atoms with Crippen molar-refractivity contribution in [3.8, 4) is 0 Å². The number of Topliss-reactive ketones (excluding diaryl/α,β-unsaturated/α-hetero) is 1. The Kier molecular flexibility index (Phi) is 2.28. The molecule has 1 aromatic carbocycles. The van der Waals surface area contributed by atoms with Crippen molar-refractivity contribution in [3.63, 3.8) is 0 Å². The first-order valence-electron chi connectivity index (χ1n) is 6.06. The zero-order chi connectivity index (χ0) is 11.9. The molecule has 3 nitrogen and oxygen atoms in total. The molecule has 2 atom stereocenters. The van der Waals surface area contributed by atoms with Crippen LogP contribution in [-0.4, -0.2) is 17.6 Å². The van der Waals surface area contributed by atoms with Crippen molar-refractivity contribution in [2.24, 2.45) is 10.6 Å². The third-order valence-electron chi connectivity index (χ3n) is 3.90. The highest BCUT2D eigenvalue weighted by Gasteiger charge is 2.53. The second kappa shape index (κ2) is 3.69. The normalized spacial score (nSPS) is 31.7. The van der Waals surface area contributed by atoms with Crippen LogP contribution in [0, 0.1) is 5.41 Å². The number of oxime groups is 1. The van der Waals surface area contributed by atoms with E-state index in [-0.39, 0.29) is 11.9 Å². The van der Waals surface area contributed by atoms with E-state index >= 15 is 0 Å². The SMILES string of the molecule is C[C@@]12C(=O)CCC[C@@H]1ON=C2c1ccccc1. The maximum absolute atomic E-state index is 12.2. The van der Waals surface area contributed by atoms with Gasteiger partial charge in [0.15, 0.2) is 0 Å². The summed E-state index contributed by atoms with van der Waals surface area (Å²) in [6.07, 6.45) is 2.40. The van der Waals surface area contributed by atoms with Crippen molar-refractivity contribution in [2.45, 2.75) is 32.3 Å². The van der Waals surface area contributed by atoms with Gasteiger partial charge < -0.3 is 4.84 Å². The summed E-state index contributed by atoms with van der Waals surface area (Å²) in [6, 6.07) is 9.85. The molecule has 3 rings (SSSR count). The molecule has 1 aromatic rings. The zero-order valence-corrected chi connectivity index (χ0v) is 9.85. The molecule has 0 aromatic heterocycles. The Morgan fingerprint density at radius 2 is 2.12 bits per heavy atom. The molecule has 2 aliphatic rings. The summed E-state index contributed by atoms with van der Waals surface area (Å²) in [5.41, 5.74) is 1.25. The maximum Gasteiger partial charge on any atom is 0.148 e. The Bertz CT molecular complexity index is 480. The molecule has 17 heavy (non-hydrogen) atoms. The van der Waals surface area contributed by atoms with Gasteiger partial charge in [0, 0.05) is 12.0 Å².